The molecule has 0 saturated heterocycles. The number of allylic oxidation sites excluding steroid dienone is 1. The van der Waals surface area contributed by atoms with Gasteiger partial charge in [0.2, 0.25) is 0 Å². The molecule has 0 N–H and O–H groups in total. The van der Waals surface area contributed by atoms with E-state index in [2.05, 4.69) is 154 Å². The molecule has 5 aromatic carbocycles. The molecule has 8 aromatic rings. The van der Waals surface area contributed by atoms with Crippen LogP contribution in [0.2, 0.25) is 0 Å². The normalized spacial score (nSPS) is 15.9. The fraction of sp³-hybridized carbons (Fsp3) is 0.130. The van der Waals surface area contributed by atoms with Crippen molar-refractivity contribution in [1.82, 2.24) is 9.97 Å². The van der Waals surface area contributed by atoms with Gasteiger partial charge in [-0.1, -0.05) is 136 Å². The van der Waals surface area contributed by atoms with E-state index >= 15 is 0 Å². The van der Waals surface area contributed by atoms with E-state index in [1.807, 2.05) is 11.3 Å². The summed E-state index contributed by atoms with van der Waals surface area (Å²) in [4.78, 5) is 12.0. The number of fused-ring (bicyclic) bond motifs is 9. The van der Waals surface area contributed by atoms with Crippen molar-refractivity contribution in [3.63, 3.8) is 0 Å². The van der Waals surface area contributed by atoms with E-state index in [0.717, 1.165) is 50.7 Å². The Bertz CT molecular complexity index is 2670. The summed E-state index contributed by atoms with van der Waals surface area (Å²) in [5.41, 5.74) is 15.4. The van der Waals surface area contributed by atoms with Crippen LogP contribution < -0.4 is 0 Å². The van der Waals surface area contributed by atoms with Crippen molar-refractivity contribution >= 4 is 49.3 Å². The molecule has 49 heavy (non-hydrogen) atoms. The SMILES string of the molecule is CC1CC=Cc2c1sc1c(-c3ccc(-c4ccc5ccc6ccc(-c7ccc8c(c7)C(C)(C)c7ccccc7-8)nc6c5n4)cc3)cccc21. The fourth-order valence-electron chi connectivity index (χ4n) is 8.19. The van der Waals surface area contributed by atoms with Crippen LogP contribution in [0.1, 0.15) is 54.7 Å². The molecule has 1 atom stereocenters. The van der Waals surface area contributed by atoms with Gasteiger partial charge in [0.25, 0.3) is 0 Å². The molecular weight excluding hydrogens is 613 g/mol. The van der Waals surface area contributed by atoms with E-state index in [-0.39, 0.29) is 5.41 Å². The molecule has 10 rings (SSSR count). The number of benzene rings is 5. The molecule has 0 amide bonds. The molecule has 0 radical (unpaired) electrons. The van der Waals surface area contributed by atoms with Gasteiger partial charge in [-0.05, 0) is 69.5 Å². The molecule has 0 spiro atoms. The smallest absolute Gasteiger partial charge is 0.0972 e. The van der Waals surface area contributed by atoms with E-state index in [1.165, 1.54) is 53.9 Å². The molecular formula is C46H34N2S. The molecule has 2 aliphatic rings. The predicted octanol–water partition coefficient (Wildman–Crippen LogP) is 12.8. The topological polar surface area (TPSA) is 25.8 Å². The second-order valence-corrected chi connectivity index (χ2v) is 15.3. The number of aromatic nitrogens is 2. The number of pyridine rings is 2. The van der Waals surface area contributed by atoms with Gasteiger partial charge in [0.15, 0.2) is 0 Å². The molecule has 2 aliphatic carbocycles. The zero-order chi connectivity index (χ0) is 32.9. The average Bonchev–Trinajstić information content (AvgIpc) is 3.64. The van der Waals surface area contributed by atoms with Crippen LogP contribution in [0.25, 0.3) is 82.7 Å². The molecule has 1 unspecified atom stereocenters. The Hall–Kier alpha value is -5.38. The lowest BCUT2D eigenvalue weighted by atomic mass is 9.82. The molecule has 0 saturated carbocycles. The van der Waals surface area contributed by atoms with Gasteiger partial charge in [0.05, 0.1) is 22.4 Å². The van der Waals surface area contributed by atoms with E-state index < -0.39 is 0 Å². The summed E-state index contributed by atoms with van der Waals surface area (Å²) in [6.07, 6.45) is 5.76. The first-order valence-electron chi connectivity index (χ1n) is 17.2. The standard InChI is InChI=1S/C46H34N2S/c1-27-8-6-11-36-37-12-7-10-33(45(37)49-44(27)36)28-14-16-29(17-15-28)40-24-21-30-18-19-31-22-25-41(48-43(31)42(30)47-40)32-20-23-35-34-9-4-5-13-38(34)46(2,3)39(35)26-32/h4-7,9-27H,8H2,1-3H3. The summed E-state index contributed by atoms with van der Waals surface area (Å²) in [6, 6.07) is 44.3. The predicted molar refractivity (Wildman–Crippen MR) is 208 cm³/mol. The highest BCUT2D eigenvalue weighted by Crippen LogP contribution is 2.49. The second-order valence-electron chi connectivity index (χ2n) is 14.2. The van der Waals surface area contributed by atoms with E-state index in [0.29, 0.717) is 5.92 Å². The lowest BCUT2D eigenvalue weighted by molar-refractivity contribution is 0.660. The summed E-state index contributed by atoms with van der Waals surface area (Å²) in [6.45, 7) is 7.00. The van der Waals surface area contributed by atoms with Gasteiger partial charge in [-0.3, -0.25) is 0 Å². The third kappa shape index (κ3) is 4.32. The van der Waals surface area contributed by atoms with Crippen LogP contribution in [0.5, 0.6) is 0 Å². The Morgan fingerprint density at radius 3 is 2.02 bits per heavy atom. The number of nitrogens with zero attached hydrogens (tertiary/aromatic N) is 2. The number of hydrogen-bond acceptors (Lipinski definition) is 3. The van der Waals surface area contributed by atoms with Gasteiger partial charge in [0.1, 0.15) is 0 Å². The zero-order valence-electron chi connectivity index (χ0n) is 27.8. The summed E-state index contributed by atoms with van der Waals surface area (Å²) in [5, 5.41) is 3.56. The summed E-state index contributed by atoms with van der Waals surface area (Å²) in [7, 11) is 0. The summed E-state index contributed by atoms with van der Waals surface area (Å²) < 4.78 is 1.38. The Balaban J connectivity index is 1.03. The Labute approximate surface area is 290 Å². The first kappa shape index (κ1) is 28.6. The van der Waals surface area contributed by atoms with Gasteiger partial charge in [0, 0.05) is 42.3 Å². The van der Waals surface area contributed by atoms with Gasteiger partial charge in [-0.25, -0.2) is 9.97 Å². The third-order valence-corrected chi connectivity index (χ3v) is 12.4. The maximum absolute atomic E-state index is 5.28. The van der Waals surface area contributed by atoms with Crippen molar-refractivity contribution in [3.8, 4) is 44.8 Å². The van der Waals surface area contributed by atoms with Crippen LogP contribution in [0.3, 0.4) is 0 Å². The number of hydrogen-bond donors (Lipinski definition) is 0. The molecule has 3 aromatic heterocycles. The Morgan fingerprint density at radius 2 is 1.24 bits per heavy atom. The van der Waals surface area contributed by atoms with Crippen LogP contribution in [0, 0.1) is 0 Å². The van der Waals surface area contributed by atoms with Crippen LogP contribution in [0.15, 0.2) is 127 Å². The van der Waals surface area contributed by atoms with Crippen molar-refractivity contribution in [3.05, 3.63) is 149 Å². The zero-order valence-corrected chi connectivity index (χ0v) is 28.6. The lowest BCUT2D eigenvalue weighted by Gasteiger charge is -2.21. The minimum atomic E-state index is -0.0525. The van der Waals surface area contributed by atoms with Gasteiger partial charge in [-0.15, -0.1) is 11.3 Å². The van der Waals surface area contributed by atoms with Crippen LogP contribution >= 0.6 is 11.3 Å². The van der Waals surface area contributed by atoms with Crippen molar-refractivity contribution < 1.29 is 0 Å². The molecule has 3 heterocycles. The van der Waals surface area contributed by atoms with Gasteiger partial charge < -0.3 is 0 Å². The molecule has 2 nitrogen and oxygen atoms in total. The highest BCUT2D eigenvalue weighted by molar-refractivity contribution is 7.20. The molecule has 0 aliphatic heterocycles. The van der Waals surface area contributed by atoms with Crippen molar-refractivity contribution in [2.24, 2.45) is 0 Å². The molecule has 0 bridgehead atoms. The first-order chi connectivity index (χ1) is 23.9. The van der Waals surface area contributed by atoms with E-state index in [4.69, 9.17) is 9.97 Å². The molecule has 234 valence electrons. The van der Waals surface area contributed by atoms with Gasteiger partial charge >= 0.3 is 0 Å². The molecule has 3 heteroatoms. The second kappa shape index (κ2) is 10.6. The number of thiophene rings is 1. The van der Waals surface area contributed by atoms with Crippen molar-refractivity contribution in [2.75, 3.05) is 0 Å². The first-order valence-corrected chi connectivity index (χ1v) is 18.0. The highest BCUT2D eigenvalue weighted by atomic mass is 32.1. The number of rotatable bonds is 3. The summed E-state index contributed by atoms with van der Waals surface area (Å²) in [5.74, 6) is 0.576. The van der Waals surface area contributed by atoms with E-state index in [1.54, 1.807) is 0 Å². The maximum atomic E-state index is 5.28. The average molecular weight is 647 g/mol. The van der Waals surface area contributed by atoms with Crippen LogP contribution in [0.4, 0.5) is 0 Å². The minimum Gasteiger partial charge on any atom is -0.245 e. The Kier molecular flexibility index (Phi) is 6.17. The Morgan fingerprint density at radius 1 is 0.612 bits per heavy atom. The van der Waals surface area contributed by atoms with Crippen LogP contribution in [-0.4, -0.2) is 9.97 Å². The van der Waals surface area contributed by atoms with Crippen LogP contribution in [-0.2, 0) is 5.41 Å². The molecule has 0 fully saturated rings. The van der Waals surface area contributed by atoms with E-state index in [9.17, 15) is 0 Å². The van der Waals surface area contributed by atoms with Crippen molar-refractivity contribution in [2.45, 2.75) is 38.5 Å². The van der Waals surface area contributed by atoms with Gasteiger partial charge in [-0.2, -0.15) is 0 Å². The largest absolute Gasteiger partial charge is 0.245 e. The minimum absolute atomic E-state index is 0.0525. The highest BCUT2D eigenvalue weighted by Gasteiger charge is 2.35. The summed E-state index contributed by atoms with van der Waals surface area (Å²) >= 11 is 1.96. The van der Waals surface area contributed by atoms with Crippen molar-refractivity contribution in [1.29, 1.82) is 0 Å². The lowest BCUT2D eigenvalue weighted by Crippen LogP contribution is -2.14. The fourth-order valence-corrected chi connectivity index (χ4v) is 9.58. The third-order valence-electron chi connectivity index (χ3n) is 10.9. The quantitative estimate of drug-likeness (QED) is 0.179. The monoisotopic (exact) mass is 646 g/mol. The maximum Gasteiger partial charge on any atom is 0.0972 e.